The highest BCUT2D eigenvalue weighted by Gasteiger charge is 2.29. The topological polar surface area (TPSA) is 78.5 Å². The number of benzene rings is 1. The quantitative estimate of drug-likeness (QED) is 0.754. The summed E-state index contributed by atoms with van der Waals surface area (Å²) in [5.74, 6) is -0.202. The van der Waals surface area contributed by atoms with E-state index in [1.54, 1.807) is 25.2 Å². The van der Waals surface area contributed by atoms with Crippen LogP contribution in [-0.2, 0) is 10.0 Å². The minimum absolute atomic E-state index is 0. The highest BCUT2D eigenvalue weighted by atomic mass is 35.5. The van der Waals surface area contributed by atoms with E-state index in [-0.39, 0.29) is 35.3 Å². The van der Waals surface area contributed by atoms with Crippen molar-refractivity contribution in [1.82, 2.24) is 14.9 Å². The van der Waals surface area contributed by atoms with Crippen molar-refractivity contribution in [2.24, 2.45) is 0 Å². The summed E-state index contributed by atoms with van der Waals surface area (Å²) in [5.41, 5.74) is 0.402. The van der Waals surface area contributed by atoms with E-state index in [0.717, 1.165) is 45.1 Å². The summed E-state index contributed by atoms with van der Waals surface area (Å²) in [6.07, 6.45) is 6.90. The second kappa shape index (κ2) is 10.1. The molecule has 2 fully saturated rings. The van der Waals surface area contributed by atoms with Gasteiger partial charge in [-0.15, -0.1) is 12.4 Å². The molecule has 2 N–H and O–H groups in total. The van der Waals surface area contributed by atoms with Gasteiger partial charge in [0.25, 0.3) is 5.91 Å². The highest BCUT2D eigenvalue weighted by molar-refractivity contribution is 7.89. The fourth-order valence-electron chi connectivity index (χ4n) is 4.14. The molecule has 2 atom stereocenters. The van der Waals surface area contributed by atoms with Gasteiger partial charge in [-0.25, -0.2) is 8.42 Å². The lowest BCUT2D eigenvalue weighted by Crippen LogP contribution is -2.46. The Morgan fingerprint density at radius 1 is 1.18 bits per heavy atom. The first-order valence-electron chi connectivity index (χ1n) is 10.0. The molecule has 0 spiro atoms. The van der Waals surface area contributed by atoms with Crippen LogP contribution in [0.3, 0.4) is 0 Å². The number of hydrogen-bond donors (Lipinski definition) is 2. The van der Waals surface area contributed by atoms with Crippen LogP contribution in [0.4, 0.5) is 0 Å². The van der Waals surface area contributed by atoms with Crippen LogP contribution in [-0.4, -0.2) is 50.3 Å². The smallest absolute Gasteiger partial charge is 0.251 e. The summed E-state index contributed by atoms with van der Waals surface area (Å²) in [4.78, 5) is 12.8. The van der Waals surface area contributed by atoms with E-state index in [1.165, 1.54) is 16.8 Å². The van der Waals surface area contributed by atoms with Crippen LogP contribution in [0.25, 0.3) is 0 Å². The summed E-state index contributed by atoms with van der Waals surface area (Å²) in [5, 5.41) is 6.41. The molecule has 1 saturated carbocycles. The predicted molar refractivity (Wildman–Crippen MR) is 113 cm³/mol. The molecule has 2 unspecified atom stereocenters. The maximum absolute atomic E-state index is 13.0. The molecule has 0 radical (unpaired) electrons. The summed E-state index contributed by atoms with van der Waals surface area (Å²) in [6.45, 7) is 2.99. The fraction of sp³-hybridized carbons (Fsp3) is 0.650. The second-order valence-electron chi connectivity index (χ2n) is 7.89. The van der Waals surface area contributed by atoms with E-state index in [9.17, 15) is 13.2 Å². The van der Waals surface area contributed by atoms with E-state index in [1.807, 2.05) is 0 Å². The third kappa shape index (κ3) is 5.47. The number of sulfonamides is 1. The number of hydrogen-bond acceptors (Lipinski definition) is 4. The SMILES string of the molecule is CC1CC(NC(=O)c2cccc(S(=O)(=O)N(C)C3CCCCC3)c2)CCN1.Cl. The van der Waals surface area contributed by atoms with Gasteiger partial charge in [0.2, 0.25) is 10.0 Å². The van der Waals surface area contributed by atoms with Gasteiger partial charge in [0, 0.05) is 30.7 Å². The first-order valence-corrected chi connectivity index (χ1v) is 11.4. The average molecular weight is 430 g/mol. The van der Waals surface area contributed by atoms with E-state index in [4.69, 9.17) is 0 Å². The Hall–Kier alpha value is -1.15. The fourth-order valence-corrected chi connectivity index (χ4v) is 5.60. The molecule has 158 valence electrons. The largest absolute Gasteiger partial charge is 0.349 e. The number of rotatable bonds is 5. The number of halogens is 1. The predicted octanol–water partition coefficient (Wildman–Crippen LogP) is 2.93. The number of nitrogens with zero attached hydrogens (tertiary/aromatic N) is 1. The van der Waals surface area contributed by atoms with Gasteiger partial charge in [-0.05, 0) is 57.4 Å². The van der Waals surface area contributed by atoms with Crippen molar-refractivity contribution in [3.8, 4) is 0 Å². The van der Waals surface area contributed by atoms with E-state index >= 15 is 0 Å². The average Bonchev–Trinajstić information content (AvgIpc) is 2.68. The van der Waals surface area contributed by atoms with E-state index < -0.39 is 10.0 Å². The zero-order valence-corrected chi connectivity index (χ0v) is 18.3. The van der Waals surface area contributed by atoms with Crippen molar-refractivity contribution in [1.29, 1.82) is 0 Å². The Morgan fingerprint density at radius 2 is 1.89 bits per heavy atom. The molecule has 1 aliphatic heterocycles. The van der Waals surface area contributed by atoms with Gasteiger partial charge < -0.3 is 10.6 Å². The van der Waals surface area contributed by atoms with Gasteiger partial charge in [0.05, 0.1) is 4.90 Å². The molecule has 28 heavy (non-hydrogen) atoms. The number of carbonyl (C=O) groups is 1. The standard InChI is InChI=1S/C20H31N3O3S.ClH/c1-15-13-17(11-12-21-15)22-20(24)16-7-6-10-19(14-16)27(25,26)23(2)18-8-4-3-5-9-18;/h6-7,10,14-15,17-18,21H,3-5,8-9,11-13H2,1-2H3,(H,22,24);1H. The van der Waals surface area contributed by atoms with Crippen LogP contribution >= 0.6 is 12.4 Å². The molecule has 1 aliphatic carbocycles. The maximum Gasteiger partial charge on any atom is 0.251 e. The molecule has 8 heteroatoms. The molecule has 3 rings (SSSR count). The Morgan fingerprint density at radius 3 is 2.57 bits per heavy atom. The lowest BCUT2D eigenvalue weighted by molar-refractivity contribution is 0.0925. The number of amides is 1. The molecular weight excluding hydrogens is 398 g/mol. The number of carbonyl (C=O) groups excluding carboxylic acids is 1. The van der Waals surface area contributed by atoms with Crippen LogP contribution in [0.1, 0.15) is 62.2 Å². The Labute approximate surface area is 174 Å². The van der Waals surface area contributed by atoms with Gasteiger partial charge in [-0.2, -0.15) is 4.31 Å². The number of nitrogens with one attached hydrogen (secondary N) is 2. The molecule has 1 heterocycles. The molecule has 0 bridgehead atoms. The molecule has 1 amide bonds. The van der Waals surface area contributed by atoms with Gasteiger partial charge in [0.1, 0.15) is 0 Å². The first kappa shape index (κ1) is 23.1. The van der Waals surface area contributed by atoms with Crippen molar-refractivity contribution in [2.75, 3.05) is 13.6 Å². The molecule has 6 nitrogen and oxygen atoms in total. The van der Waals surface area contributed by atoms with Gasteiger partial charge in [0.15, 0.2) is 0 Å². The minimum Gasteiger partial charge on any atom is -0.349 e. The van der Waals surface area contributed by atoms with E-state index in [0.29, 0.717) is 11.6 Å². The molecule has 1 aromatic rings. The first-order chi connectivity index (χ1) is 12.9. The lowest BCUT2D eigenvalue weighted by Gasteiger charge is -2.30. The lowest BCUT2D eigenvalue weighted by atomic mass is 9.96. The van der Waals surface area contributed by atoms with Crippen LogP contribution in [0.2, 0.25) is 0 Å². The van der Waals surface area contributed by atoms with Gasteiger partial charge >= 0.3 is 0 Å². The van der Waals surface area contributed by atoms with Gasteiger partial charge in [-0.3, -0.25) is 4.79 Å². The molecule has 2 aliphatic rings. The summed E-state index contributed by atoms with van der Waals surface area (Å²) >= 11 is 0. The number of piperidine rings is 1. The van der Waals surface area contributed by atoms with E-state index in [2.05, 4.69) is 17.6 Å². The summed E-state index contributed by atoms with van der Waals surface area (Å²) in [7, 11) is -1.93. The van der Waals surface area contributed by atoms with Crippen LogP contribution < -0.4 is 10.6 Å². The Kier molecular flexibility index (Phi) is 8.30. The Bertz CT molecular complexity index is 766. The highest BCUT2D eigenvalue weighted by Crippen LogP contribution is 2.26. The van der Waals surface area contributed by atoms with Crippen LogP contribution in [0.5, 0.6) is 0 Å². The van der Waals surface area contributed by atoms with Crippen molar-refractivity contribution in [3.05, 3.63) is 29.8 Å². The summed E-state index contributed by atoms with van der Waals surface area (Å²) < 4.78 is 27.5. The minimum atomic E-state index is -3.59. The zero-order chi connectivity index (χ0) is 19.4. The third-order valence-corrected chi connectivity index (χ3v) is 7.73. The van der Waals surface area contributed by atoms with Crippen molar-refractivity contribution in [3.63, 3.8) is 0 Å². The second-order valence-corrected chi connectivity index (χ2v) is 9.89. The van der Waals surface area contributed by atoms with Crippen molar-refractivity contribution >= 4 is 28.3 Å². The van der Waals surface area contributed by atoms with Gasteiger partial charge in [-0.1, -0.05) is 25.3 Å². The third-order valence-electron chi connectivity index (χ3n) is 5.82. The van der Waals surface area contributed by atoms with Crippen LogP contribution in [0, 0.1) is 0 Å². The molecule has 1 aromatic carbocycles. The molecule has 1 saturated heterocycles. The van der Waals surface area contributed by atoms with Crippen molar-refractivity contribution in [2.45, 2.75) is 74.9 Å². The molecule has 0 aromatic heterocycles. The summed E-state index contributed by atoms with van der Waals surface area (Å²) in [6, 6.07) is 6.98. The maximum atomic E-state index is 13.0. The Balaban J connectivity index is 0.00000280. The molecular formula is C20H32ClN3O3S. The van der Waals surface area contributed by atoms with Crippen molar-refractivity contribution < 1.29 is 13.2 Å². The monoisotopic (exact) mass is 429 g/mol. The zero-order valence-electron chi connectivity index (χ0n) is 16.7. The normalized spacial score (nSPS) is 23.8. The van der Waals surface area contributed by atoms with Crippen LogP contribution in [0.15, 0.2) is 29.2 Å².